The Balaban J connectivity index is 1.97. The van der Waals surface area contributed by atoms with Crippen LogP contribution in [0.25, 0.3) is 0 Å². The summed E-state index contributed by atoms with van der Waals surface area (Å²) in [5.74, 6) is 0.581. The smallest absolute Gasteiger partial charge is 0.244 e. The van der Waals surface area contributed by atoms with Crippen LogP contribution >= 0.6 is 11.3 Å². The number of nitrogens with zero attached hydrogens (tertiary/aromatic N) is 1. The van der Waals surface area contributed by atoms with Gasteiger partial charge < -0.3 is 5.73 Å². The molecule has 18 heavy (non-hydrogen) atoms. The minimum Gasteiger partial charge on any atom is -0.326 e. The molecule has 1 saturated carbocycles. The molecule has 2 fully saturated rings. The maximum Gasteiger partial charge on any atom is 0.244 e. The number of sulfonamides is 1. The number of thiophene rings is 1. The number of fused-ring (bicyclic) bond motifs is 2. The summed E-state index contributed by atoms with van der Waals surface area (Å²) in [5.41, 5.74) is 5.59. The van der Waals surface area contributed by atoms with E-state index >= 15 is 0 Å². The Hall–Kier alpha value is -0.430. The molecule has 2 N–H and O–H groups in total. The summed E-state index contributed by atoms with van der Waals surface area (Å²) in [6, 6.07) is 1.99. The molecule has 2 heterocycles. The summed E-state index contributed by atoms with van der Waals surface area (Å²) >= 11 is 1.49. The SMILES string of the molecule is Cc1sc(CN)cc1S(=O)(=O)N1CC2CCC1C2. The first kappa shape index (κ1) is 12.6. The van der Waals surface area contributed by atoms with Gasteiger partial charge in [-0.2, -0.15) is 4.31 Å². The number of hydrogen-bond donors (Lipinski definition) is 1. The average molecular weight is 286 g/mol. The van der Waals surface area contributed by atoms with Gasteiger partial charge in [0.2, 0.25) is 10.0 Å². The van der Waals surface area contributed by atoms with E-state index in [2.05, 4.69) is 0 Å². The fourth-order valence-electron chi connectivity index (χ4n) is 3.18. The number of piperidine rings is 1. The van der Waals surface area contributed by atoms with Gasteiger partial charge in [0, 0.05) is 28.9 Å². The van der Waals surface area contributed by atoms with Gasteiger partial charge in [0.1, 0.15) is 0 Å². The molecular formula is C12H18N2O2S2. The topological polar surface area (TPSA) is 63.4 Å². The first-order valence-electron chi connectivity index (χ1n) is 6.33. The largest absolute Gasteiger partial charge is 0.326 e. The van der Waals surface area contributed by atoms with Crippen molar-refractivity contribution in [3.05, 3.63) is 15.8 Å². The van der Waals surface area contributed by atoms with E-state index in [1.807, 2.05) is 6.92 Å². The second-order valence-electron chi connectivity index (χ2n) is 5.24. The Kier molecular flexibility index (Phi) is 3.01. The molecule has 2 atom stereocenters. The zero-order valence-corrected chi connectivity index (χ0v) is 12.1. The minimum absolute atomic E-state index is 0.237. The second kappa shape index (κ2) is 4.30. The lowest BCUT2D eigenvalue weighted by molar-refractivity contribution is 0.333. The average Bonchev–Trinajstić information content (AvgIpc) is 3.02. The molecule has 4 nitrogen and oxygen atoms in total. The van der Waals surface area contributed by atoms with E-state index in [1.165, 1.54) is 17.8 Å². The molecule has 2 unspecified atom stereocenters. The van der Waals surface area contributed by atoms with Gasteiger partial charge in [-0.25, -0.2) is 8.42 Å². The van der Waals surface area contributed by atoms with Crippen molar-refractivity contribution in [3.63, 3.8) is 0 Å². The van der Waals surface area contributed by atoms with E-state index in [0.717, 1.165) is 22.6 Å². The molecule has 0 spiro atoms. The van der Waals surface area contributed by atoms with Crippen LogP contribution in [0.15, 0.2) is 11.0 Å². The quantitative estimate of drug-likeness (QED) is 0.919. The summed E-state index contributed by atoms with van der Waals surface area (Å²) in [5, 5.41) is 0. The van der Waals surface area contributed by atoms with Gasteiger partial charge in [0.05, 0.1) is 4.90 Å². The summed E-state index contributed by atoms with van der Waals surface area (Å²) in [6.45, 7) is 2.98. The highest BCUT2D eigenvalue weighted by Crippen LogP contribution is 2.41. The highest BCUT2D eigenvalue weighted by Gasteiger charge is 2.44. The normalized spacial score (nSPS) is 28.1. The molecule has 1 aromatic heterocycles. The molecule has 1 aromatic rings. The van der Waals surface area contributed by atoms with Crippen LogP contribution in [0.5, 0.6) is 0 Å². The molecule has 0 radical (unpaired) electrons. The molecular weight excluding hydrogens is 268 g/mol. The molecule has 1 aliphatic heterocycles. The Morgan fingerprint density at radius 2 is 2.28 bits per heavy atom. The Bertz CT molecular complexity index is 565. The van der Waals surface area contributed by atoms with Gasteiger partial charge in [0.15, 0.2) is 0 Å². The first-order valence-corrected chi connectivity index (χ1v) is 8.59. The summed E-state index contributed by atoms with van der Waals surface area (Å²) in [6.07, 6.45) is 3.26. The third-order valence-corrected chi connectivity index (χ3v) is 7.32. The zero-order valence-electron chi connectivity index (χ0n) is 10.4. The molecule has 3 rings (SSSR count). The molecule has 0 amide bonds. The van der Waals surface area contributed by atoms with Crippen molar-refractivity contribution >= 4 is 21.4 Å². The highest BCUT2D eigenvalue weighted by molar-refractivity contribution is 7.89. The molecule has 1 saturated heterocycles. The van der Waals surface area contributed by atoms with Crippen molar-refractivity contribution in [2.24, 2.45) is 11.7 Å². The van der Waals surface area contributed by atoms with E-state index in [0.29, 0.717) is 23.9 Å². The summed E-state index contributed by atoms with van der Waals surface area (Å²) in [4.78, 5) is 2.27. The lowest BCUT2D eigenvalue weighted by Crippen LogP contribution is -2.37. The van der Waals surface area contributed by atoms with E-state index < -0.39 is 10.0 Å². The summed E-state index contributed by atoms with van der Waals surface area (Å²) in [7, 11) is -3.30. The molecule has 2 aliphatic rings. The zero-order chi connectivity index (χ0) is 12.9. The Morgan fingerprint density at radius 3 is 2.78 bits per heavy atom. The van der Waals surface area contributed by atoms with Crippen LogP contribution in [0.4, 0.5) is 0 Å². The van der Waals surface area contributed by atoms with Crippen molar-refractivity contribution in [1.29, 1.82) is 0 Å². The maximum atomic E-state index is 12.7. The lowest BCUT2D eigenvalue weighted by Gasteiger charge is -2.26. The molecule has 6 heteroatoms. The van der Waals surface area contributed by atoms with Crippen molar-refractivity contribution < 1.29 is 8.42 Å². The van der Waals surface area contributed by atoms with Crippen LogP contribution in [-0.4, -0.2) is 25.3 Å². The van der Waals surface area contributed by atoms with Crippen molar-refractivity contribution in [3.8, 4) is 0 Å². The molecule has 100 valence electrons. The number of nitrogens with two attached hydrogens (primary N) is 1. The van der Waals surface area contributed by atoms with Gasteiger partial charge in [-0.05, 0) is 38.2 Å². The van der Waals surface area contributed by atoms with Crippen LogP contribution < -0.4 is 5.73 Å². The fraction of sp³-hybridized carbons (Fsp3) is 0.667. The van der Waals surface area contributed by atoms with Crippen LogP contribution in [-0.2, 0) is 16.6 Å². The van der Waals surface area contributed by atoms with Crippen molar-refractivity contribution in [1.82, 2.24) is 4.31 Å². The second-order valence-corrected chi connectivity index (χ2v) is 8.44. The Morgan fingerprint density at radius 1 is 1.50 bits per heavy atom. The number of hydrogen-bond acceptors (Lipinski definition) is 4. The Labute approximate surface area is 112 Å². The molecule has 2 bridgehead atoms. The summed E-state index contributed by atoms with van der Waals surface area (Å²) < 4.78 is 27.1. The monoisotopic (exact) mass is 286 g/mol. The minimum atomic E-state index is -3.30. The fourth-order valence-corrected chi connectivity index (χ4v) is 6.41. The number of rotatable bonds is 3. The third-order valence-electron chi connectivity index (χ3n) is 4.07. The van der Waals surface area contributed by atoms with Crippen LogP contribution in [0.1, 0.15) is 29.0 Å². The third kappa shape index (κ3) is 1.82. The van der Waals surface area contributed by atoms with Gasteiger partial charge in [-0.3, -0.25) is 0 Å². The first-order chi connectivity index (χ1) is 8.52. The predicted molar refractivity (Wildman–Crippen MR) is 72.0 cm³/mol. The van der Waals surface area contributed by atoms with Crippen molar-refractivity contribution in [2.75, 3.05) is 6.54 Å². The van der Waals surface area contributed by atoms with Crippen LogP contribution in [0, 0.1) is 12.8 Å². The van der Waals surface area contributed by atoms with E-state index in [4.69, 9.17) is 5.73 Å². The maximum absolute atomic E-state index is 12.7. The van der Waals surface area contributed by atoms with Gasteiger partial charge in [0.25, 0.3) is 0 Å². The van der Waals surface area contributed by atoms with Gasteiger partial charge in [-0.1, -0.05) is 0 Å². The van der Waals surface area contributed by atoms with Crippen LogP contribution in [0.3, 0.4) is 0 Å². The van der Waals surface area contributed by atoms with E-state index in [-0.39, 0.29) is 6.04 Å². The lowest BCUT2D eigenvalue weighted by atomic mass is 10.1. The van der Waals surface area contributed by atoms with Gasteiger partial charge in [-0.15, -0.1) is 11.3 Å². The van der Waals surface area contributed by atoms with E-state index in [1.54, 1.807) is 10.4 Å². The highest BCUT2D eigenvalue weighted by atomic mass is 32.2. The molecule has 0 aromatic carbocycles. The van der Waals surface area contributed by atoms with E-state index in [9.17, 15) is 8.42 Å². The van der Waals surface area contributed by atoms with Gasteiger partial charge >= 0.3 is 0 Å². The standard InChI is InChI=1S/C12H18N2O2S2/c1-8-12(5-11(6-13)17-8)18(15,16)14-7-9-2-3-10(14)4-9/h5,9-10H,2-4,6-7,13H2,1H3. The van der Waals surface area contributed by atoms with Crippen LogP contribution in [0.2, 0.25) is 0 Å². The van der Waals surface area contributed by atoms with Crippen molar-refractivity contribution in [2.45, 2.75) is 43.7 Å². The molecule has 1 aliphatic carbocycles. The number of aryl methyl sites for hydroxylation is 1. The predicted octanol–water partition coefficient (Wildman–Crippen LogP) is 1.69.